The molecule has 84 valence electrons. The SMILES string of the molecule is Fc1cc(F)c(F)c(F)c1F.O=COCl. The summed E-state index contributed by atoms with van der Waals surface area (Å²) in [7, 11) is 0. The van der Waals surface area contributed by atoms with Crippen LogP contribution in [0.1, 0.15) is 0 Å². The predicted molar refractivity (Wildman–Crippen MR) is 39.2 cm³/mol. The van der Waals surface area contributed by atoms with Gasteiger partial charge in [-0.05, 0) is 0 Å². The Kier molecular flexibility index (Phi) is 5.61. The van der Waals surface area contributed by atoms with E-state index in [-0.39, 0.29) is 12.5 Å². The van der Waals surface area contributed by atoms with Crippen LogP contribution in [0.3, 0.4) is 0 Å². The Hall–Kier alpha value is -1.37. The maximum atomic E-state index is 12.0. The molecule has 0 aliphatic heterocycles. The molecule has 0 saturated carbocycles. The van der Waals surface area contributed by atoms with Crippen molar-refractivity contribution < 1.29 is 31.0 Å². The van der Waals surface area contributed by atoms with Gasteiger partial charge in [-0.3, -0.25) is 4.79 Å². The molecule has 0 N–H and O–H groups in total. The normalized spacial score (nSPS) is 8.93. The molecule has 0 fully saturated rings. The van der Waals surface area contributed by atoms with Gasteiger partial charge >= 0.3 is 6.47 Å². The molecule has 0 heterocycles. The van der Waals surface area contributed by atoms with Gasteiger partial charge in [-0.25, -0.2) is 22.0 Å². The smallest absolute Gasteiger partial charge is 0.312 e. The molecule has 0 spiro atoms. The third kappa shape index (κ3) is 3.70. The van der Waals surface area contributed by atoms with Crippen LogP contribution in [0, 0.1) is 29.1 Å². The third-order valence-corrected chi connectivity index (χ3v) is 1.17. The van der Waals surface area contributed by atoms with E-state index >= 15 is 0 Å². The molecule has 0 aliphatic rings. The summed E-state index contributed by atoms with van der Waals surface area (Å²) in [6.07, 6.45) is 0. The van der Waals surface area contributed by atoms with Gasteiger partial charge in [0.2, 0.25) is 5.82 Å². The lowest BCUT2D eigenvalue weighted by Crippen LogP contribution is -1.98. The van der Waals surface area contributed by atoms with Crippen molar-refractivity contribution in [3.05, 3.63) is 35.2 Å². The average Bonchev–Trinajstić information content (AvgIpc) is 2.24. The van der Waals surface area contributed by atoms with Gasteiger partial charge in [0.05, 0.1) is 0 Å². The van der Waals surface area contributed by atoms with E-state index in [4.69, 9.17) is 4.79 Å². The minimum atomic E-state index is -2.14. The zero-order chi connectivity index (χ0) is 12.0. The molecule has 0 aliphatic carbocycles. The van der Waals surface area contributed by atoms with Gasteiger partial charge in [-0.1, -0.05) is 0 Å². The molecule has 1 aromatic rings. The highest BCUT2D eigenvalue weighted by Crippen LogP contribution is 2.16. The Morgan fingerprint density at radius 1 is 1.00 bits per heavy atom. The quantitative estimate of drug-likeness (QED) is 0.331. The third-order valence-electron chi connectivity index (χ3n) is 1.09. The van der Waals surface area contributed by atoms with Crippen molar-refractivity contribution in [3.8, 4) is 0 Å². The van der Waals surface area contributed by atoms with Gasteiger partial charge in [0, 0.05) is 6.07 Å². The van der Waals surface area contributed by atoms with Crippen LogP contribution >= 0.6 is 11.9 Å². The second kappa shape index (κ2) is 6.18. The fraction of sp³-hybridized carbons (Fsp3) is 0. The predicted octanol–water partition coefficient (Wildman–Crippen LogP) is 2.70. The molecule has 0 bridgehead atoms. The molecule has 1 aromatic carbocycles. The molecule has 0 atom stereocenters. The average molecular weight is 249 g/mol. The van der Waals surface area contributed by atoms with Gasteiger partial charge in [-0.15, -0.1) is 0 Å². The molecule has 0 amide bonds. The zero-order valence-electron chi connectivity index (χ0n) is 6.74. The number of halogens is 6. The van der Waals surface area contributed by atoms with E-state index in [1.807, 2.05) is 0 Å². The molecule has 0 radical (unpaired) electrons. The second-order valence-electron chi connectivity index (χ2n) is 1.97. The standard InChI is InChI=1S/C6HF5.CHClO2/c7-2-1-3(8)5(10)6(11)4(2)9;2-4-1-3/h1H;1H. The number of benzene rings is 1. The summed E-state index contributed by atoms with van der Waals surface area (Å²) in [5.41, 5.74) is 0. The monoisotopic (exact) mass is 248 g/mol. The van der Waals surface area contributed by atoms with Gasteiger partial charge in [0.25, 0.3) is 0 Å². The second-order valence-corrected chi connectivity index (χ2v) is 2.15. The van der Waals surface area contributed by atoms with Gasteiger partial charge < -0.3 is 4.29 Å². The molecule has 0 saturated heterocycles. The Bertz CT molecular complexity index is 331. The van der Waals surface area contributed by atoms with Crippen molar-refractivity contribution >= 4 is 18.3 Å². The molecule has 0 aromatic heterocycles. The molecule has 1 rings (SSSR count). The van der Waals surface area contributed by atoms with Crippen LogP contribution in [0.5, 0.6) is 0 Å². The van der Waals surface area contributed by atoms with Gasteiger partial charge in [0.1, 0.15) is 11.9 Å². The summed E-state index contributed by atoms with van der Waals surface area (Å²) < 4.78 is 63.4. The highest BCUT2D eigenvalue weighted by Gasteiger charge is 2.18. The number of carbonyl (C=O) groups is 1. The minimum Gasteiger partial charge on any atom is -0.350 e. The van der Waals surface area contributed by atoms with E-state index in [0.717, 1.165) is 0 Å². The van der Waals surface area contributed by atoms with Crippen LogP contribution in [0.25, 0.3) is 0 Å². The number of hydrogen-bond acceptors (Lipinski definition) is 2. The number of rotatable bonds is 1. The first kappa shape index (κ1) is 13.6. The van der Waals surface area contributed by atoms with Crippen LogP contribution in [-0.2, 0) is 9.08 Å². The molecule has 15 heavy (non-hydrogen) atoms. The summed E-state index contributed by atoms with van der Waals surface area (Å²) >= 11 is 4.32. The van der Waals surface area contributed by atoms with Crippen molar-refractivity contribution in [2.24, 2.45) is 0 Å². The molecule has 8 heteroatoms. The lowest BCUT2D eigenvalue weighted by molar-refractivity contribution is -0.120. The minimum absolute atomic E-state index is 0.0618. The topological polar surface area (TPSA) is 26.3 Å². The van der Waals surface area contributed by atoms with E-state index in [1.54, 1.807) is 0 Å². The lowest BCUT2D eigenvalue weighted by atomic mass is 10.3. The van der Waals surface area contributed by atoms with E-state index in [1.165, 1.54) is 0 Å². The Morgan fingerprint density at radius 3 is 1.60 bits per heavy atom. The molecular formula is C7H2ClF5O2. The van der Waals surface area contributed by atoms with Crippen molar-refractivity contribution in [2.75, 3.05) is 0 Å². The first-order valence-corrected chi connectivity index (χ1v) is 3.46. The van der Waals surface area contributed by atoms with Crippen molar-refractivity contribution in [2.45, 2.75) is 0 Å². The summed E-state index contributed by atoms with van der Waals surface area (Å²) in [4.78, 5) is 8.82. The summed E-state index contributed by atoms with van der Waals surface area (Å²) in [6.45, 7) is 0.140. The van der Waals surface area contributed by atoms with Crippen molar-refractivity contribution in [1.82, 2.24) is 0 Å². The van der Waals surface area contributed by atoms with Gasteiger partial charge in [-0.2, -0.15) is 0 Å². The van der Waals surface area contributed by atoms with E-state index in [0.29, 0.717) is 0 Å². The highest BCUT2D eigenvalue weighted by molar-refractivity contribution is 6.10. The summed E-state index contributed by atoms with van der Waals surface area (Å²) in [5, 5.41) is 0. The number of hydrogen-bond donors (Lipinski definition) is 0. The Morgan fingerprint density at radius 2 is 1.33 bits per heavy atom. The van der Waals surface area contributed by atoms with E-state index in [9.17, 15) is 22.0 Å². The summed E-state index contributed by atoms with van der Waals surface area (Å²) in [5.74, 6) is -9.65. The first-order valence-electron chi connectivity index (χ1n) is 3.15. The highest BCUT2D eigenvalue weighted by atomic mass is 35.5. The maximum absolute atomic E-state index is 12.0. The zero-order valence-corrected chi connectivity index (χ0v) is 7.49. The van der Waals surface area contributed by atoms with Crippen LogP contribution < -0.4 is 0 Å². The first-order chi connectivity index (χ1) is 6.95. The summed E-state index contributed by atoms with van der Waals surface area (Å²) in [6, 6.07) is -0.0618. The Labute approximate surface area is 85.4 Å². The maximum Gasteiger partial charge on any atom is 0.312 e. The van der Waals surface area contributed by atoms with Crippen LogP contribution in [0.4, 0.5) is 22.0 Å². The van der Waals surface area contributed by atoms with Crippen LogP contribution in [-0.4, -0.2) is 6.47 Å². The molecular weight excluding hydrogens is 247 g/mol. The number of carbonyl (C=O) groups excluding carboxylic acids is 1. The van der Waals surface area contributed by atoms with Crippen LogP contribution in [0.15, 0.2) is 6.07 Å². The fourth-order valence-electron chi connectivity index (χ4n) is 0.544. The fourth-order valence-corrected chi connectivity index (χ4v) is 0.544. The molecule has 0 unspecified atom stereocenters. The largest absolute Gasteiger partial charge is 0.350 e. The Balaban J connectivity index is 0.000000423. The van der Waals surface area contributed by atoms with Gasteiger partial charge in [0.15, 0.2) is 23.3 Å². The lowest BCUT2D eigenvalue weighted by Gasteiger charge is -1.96. The van der Waals surface area contributed by atoms with E-state index in [2.05, 4.69) is 16.2 Å². The van der Waals surface area contributed by atoms with Crippen LogP contribution in [0.2, 0.25) is 0 Å². The van der Waals surface area contributed by atoms with Crippen molar-refractivity contribution in [1.29, 1.82) is 0 Å². The van der Waals surface area contributed by atoms with E-state index < -0.39 is 29.1 Å². The van der Waals surface area contributed by atoms with Crippen molar-refractivity contribution in [3.63, 3.8) is 0 Å². The molecule has 2 nitrogen and oxygen atoms in total.